The van der Waals surface area contributed by atoms with E-state index in [9.17, 15) is 8.42 Å². The molecule has 6 nitrogen and oxygen atoms in total. The summed E-state index contributed by atoms with van der Waals surface area (Å²) < 4.78 is 26.8. The summed E-state index contributed by atoms with van der Waals surface area (Å²) in [6, 6.07) is 3.13. The number of nitrogens with one attached hydrogen (secondary N) is 2. The van der Waals surface area contributed by atoms with Gasteiger partial charge in [0.25, 0.3) is 0 Å². The molecule has 2 heterocycles. The average Bonchev–Trinajstić information content (AvgIpc) is 3.04. The number of aliphatic hydroxyl groups excluding tert-OH is 1. The molecule has 0 unspecified atom stereocenters. The maximum atomic E-state index is 12.0. The Bertz CT molecular complexity index is 661. The van der Waals surface area contributed by atoms with E-state index in [-0.39, 0.29) is 10.8 Å². The van der Waals surface area contributed by atoms with Crippen molar-refractivity contribution in [2.45, 2.75) is 30.6 Å². The first-order valence-electron chi connectivity index (χ1n) is 6.21. The highest BCUT2D eigenvalue weighted by molar-refractivity contribution is 7.91. The Labute approximate surface area is 121 Å². The number of aryl methyl sites for hydroxylation is 2. The summed E-state index contributed by atoms with van der Waals surface area (Å²) in [6.07, 6.45) is 3.24. The van der Waals surface area contributed by atoms with Gasteiger partial charge < -0.3 is 5.11 Å². The van der Waals surface area contributed by atoms with E-state index in [4.69, 9.17) is 5.11 Å². The van der Waals surface area contributed by atoms with E-state index in [0.29, 0.717) is 17.8 Å². The number of nitrogens with zero attached hydrogens (tertiary/aromatic N) is 1. The van der Waals surface area contributed by atoms with Gasteiger partial charge in [-0.3, -0.25) is 5.10 Å². The molecule has 2 aromatic heterocycles. The first-order chi connectivity index (χ1) is 9.53. The van der Waals surface area contributed by atoms with Crippen LogP contribution in [0.25, 0.3) is 0 Å². The molecule has 2 aromatic rings. The molecule has 3 N–H and O–H groups in total. The van der Waals surface area contributed by atoms with E-state index in [2.05, 4.69) is 14.9 Å². The summed E-state index contributed by atoms with van der Waals surface area (Å²) in [5.41, 5.74) is 2.11. The maximum Gasteiger partial charge on any atom is 0.250 e. The van der Waals surface area contributed by atoms with Crippen molar-refractivity contribution >= 4 is 21.4 Å². The molecule has 0 saturated carbocycles. The molecule has 0 aromatic carbocycles. The molecule has 110 valence electrons. The van der Waals surface area contributed by atoms with Crippen LogP contribution in [0.4, 0.5) is 0 Å². The normalized spacial score (nSPS) is 11.9. The van der Waals surface area contributed by atoms with Gasteiger partial charge in [0.15, 0.2) is 0 Å². The Balaban J connectivity index is 1.85. The minimum Gasteiger partial charge on any atom is -0.391 e. The number of rotatable bonds is 7. The van der Waals surface area contributed by atoms with Gasteiger partial charge in [0, 0.05) is 17.1 Å². The lowest BCUT2D eigenvalue weighted by Gasteiger charge is -2.04. The van der Waals surface area contributed by atoms with Crippen molar-refractivity contribution in [3.05, 3.63) is 34.5 Å². The van der Waals surface area contributed by atoms with Gasteiger partial charge in [-0.05, 0) is 37.5 Å². The standard InChI is InChI=1S/C12H17N3O3S2/c1-9-10(7-13-15-9)3-2-6-14-20(17,18)12-5-4-11(8-16)19-12/h4-5,7,14,16H,2-3,6,8H2,1H3,(H,13,15). The summed E-state index contributed by atoms with van der Waals surface area (Å²) in [5.74, 6) is 0. The zero-order valence-corrected chi connectivity index (χ0v) is 12.7. The fourth-order valence-electron chi connectivity index (χ4n) is 1.77. The van der Waals surface area contributed by atoms with E-state index in [1.165, 1.54) is 6.07 Å². The van der Waals surface area contributed by atoms with Gasteiger partial charge in [-0.25, -0.2) is 13.1 Å². The van der Waals surface area contributed by atoms with Crippen molar-refractivity contribution in [3.63, 3.8) is 0 Å². The molecule has 0 saturated heterocycles. The highest BCUT2D eigenvalue weighted by Gasteiger charge is 2.15. The number of aliphatic hydroxyl groups is 1. The predicted molar refractivity (Wildman–Crippen MR) is 77.1 cm³/mol. The van der Waals surface area contributed by atoms with Gasteiger partial charge in [0.05, 0.1) is 12.8 Å². The monoisotopic (exact) mass is 315 g/mol. The van der Waals surface area contributed by atoms with Crippen LogP contribution in [0.15, 0.2) is 22.5 Å². The van der Waals surface area contributed by atoms with Gasteiger partial charge in [-0.2, -0.15) is 5.10 Å². The van der Waals surface area contributed by atoms with E-state index >= 15 is 0 Å². The molecule has 0 aliphatic rings. The molecule has 0 spiro atoms. The fraction of sp³-hybridized carbons (Fsp3) is 0.417. The fourth-order valence-corrected chi connectivity index (χ4v) is 4.11. The second kappa shape index (κ2) is 6.49. The molecular formula is C12H17N3O3S2. The van der Waals surface area contributed by atoms with Gasteiger partial charge in [0.1, 0.15) is 4.21 Å². The van der Waals surface area contributed by atoms with Gasteiger partial charge >= 0.3 is 0 Å². The summed E-state index contributed by atoms with van der Waals surface area (Å²) in [4.78, 5) is 0.638. The lowest BCUT2D eigenvalue weighted by molar-refractivity contribution is 0.285. The summed E-state index contributed by atoms with van der Waals surface area (Å²) in [7, 11) is -3.47. The number of aromatic nitrogens is 2. The van der Waals surface area contributed by atoms with Crippen molar-refractivity contribution in [3.8, 4) is 0 Å². The Hall–Kier alpha value is -1.22. The zero-order chi connectivity index (χ0) is 14.6. The Morgan fingerprint density at radius 3 is 2.85 bits per heavy atom. The molecule has 0 bridgehead atoms. The number of hydrogen-bond acceptors (Lipinski definition) is 5. The van der Waals surface area contributed by atoms with E-state index in [1.807, 2.05) is 6.92 Å². The summed E-state index contributed by atoms with van der Waals surface area (Å²) >= 11 is 1.08. The summed E-state index contributed by atoms with van der Waals surface area (Å²) in [5, 5.41) is 15.7. The van der Waals surface area contributed by atoms with Crippen molar-refractivity contribution in [2.75, 3.05) is 6.54 Å². The van der Waals surface area contributed by atoms with Crippen molar-refractivity contribution in [1.29, 1.82) is 0 Å². The van der Waals surface area contributed by atoms with Crippen LogP contribution in [0, 0.1) is 6.92 Å². The van der Waals surface area contributed by atoms with Crippen molar-refractivity contribution in [1.82, 2.24) is 14.9 Å². The van der Waals surface area contributed by atoms with E-state index in [0.717, 1.165) is 29.0 Å². The highest BCUT2D eigenvalue weighted by Crippen LogP contribution is 2.21. The quantitative estimate of drug-likeness (QED) is 0.669. The van der Waals surface area contributed by atoms with Gasteiger partial charge in [0.2, 0.25) is 10.0 Å². The average molecular weight is 315 g/mol. The first-order valence-corrected chi connectivity index (χ1v) is 8.51. The largest absolute Gasteiger partial charge is 0.391 e. The maximum absolute atomic E-state index is 12.0. The highest BCUT2D eigenvalue weighted by atomic mass is 32.2. The van der Waals surface area contributed by atoms with Crippen LogP contribution in [-0.2, 0) is 23.1 Å². The number of H-pyrrole nitrogens is 1. The minimum atomic E-state index is -3.47. The molecule has 20 heavy (non-hydrogen) atoms. The number of hydrogen-bond donors (Lipinski definition) is 3. The van der Waals surface area contributed by atoms with Crippen molar-refractivity contribution < 1.29 is 13.5 Å². The Morgan fingerprint density at radius 1 is 1.45 bits per heavy atom. The number of sulfonamides is 1. The SMILES string of the molecule is Cc1[nH]ncc1CCCNS(=O)(=O)c1ccc(CO)s1. The number of thiophene rings is 1. The smallest absolute Gasteiger partial charge is 0.250 e. The van der Waals surface area contributed by atoms with Gasteiger partial charge in [-0.15, -0.1) is 11.3 Å². The number of aromatic amines is 1. The second-order valence-electron chi connectivity index (χ2n) is 4.40. The first kappa shape index (κ1) is 15.2. The zero-order valence-electron chi connectivity index (χ0n) is 11.1. The third-order valence-electron chi connectivity index (χ3n) is 2.91. The Morgan fingerprint density at radius 2 is 2.25 bits per heavy atom. The van der Waals surface area contributed by atoms with Crippen LogP contribution in [0.3, 0.4) is 0 Å². The van der Waals surface area contributed by atoms with Crippen LogP contribution < -0.4 is 4.72 Å². The predicted octanol–water partition coefficient (Wildman–Crippen LogP) is 1.18. The second-order valence-corrected chi connectivity index (χ2v) is 7.56. The molecule has 0 radical (unpaired) electrons. The lowest BCUT2D eigenvalue weighted by Crippen LogP contribution is -2.24. The molecule has 0 aliphatic heterocycles. The lowest BCUT2D eigenvalue weighted by atomic mass is 10.1. The van der Waals surface area contributed by atoms with Crippen LogP contribution in [0.5, 0.6) is 0 Å². The third-order valence-corrected chi connectivity index (χ3v) is 5.93. The van der Waals surface area contributed by atoms with Crippen LogP contribution in [0.2, 0.25) is 0 Å². The third kappa shape index (κ3) is 3.66. The van der Waals surface area contributed by atoms with Gasteiger partial charge in [-0.1, -0.05) is 0 Å². The minimum absolute atomic E-state index is 0.139. The van der Waals surface area contributed by atoms with E-state index < -0.39 is 10.0 Å². The molecular weight excluding hydrogens is 298 g/mol. The van der Waals surface area contributed by atoms with Crippen LogP contribution in [0.1, 0.15) is 22.6 Å². The molecule has 8 heteroatoms. The molecule has 0 fully saturated rings. The molecule has 0 aliphatic carbocycles. The Kier molecular flexibility index (Phi) is 4.92. The molecule has 0 amide bonds. The van der Waals surface area contributed by atoms with E-state index in [1.54, 1.807) is 12.3 Å². The van der Waals surface area contributed by atoms with Crippen LogP contribution in [-0.4, -0.2) is 30.3 Å². The molecule has 0 atom stereocenters. The molecule has 2 rings (SSSR count). The topological polar surface area (TPSA) is 95.1 Å². The van der Waals surface area contributed by atoms with Crippen molar-refractivity contribution in [2.24, 2.45) is 0 Å². The summed E-state index contributed by atoms with van der Waals surface area (Å²) in [6.45, 7) is 2.17. The van der Waals surface area contributed by atoms with Crippen LogP contribution >= 0.6 is 11.3 Å².